The number of carbonyl (C=O) groups excluding carboxylic acids is 2. The first-order valence-electron chi connectivity index (χ1n) is 12.0. The molecule has 0 bridgehead atoms. The minimum absolute atomic E-state index is 0.0168. The Hall–Kier alpha value is -4.22. The molecule has 4 rings (SSSR count). The van der Waals surface area contributed by atoms with E-state index in [0.717, 1.165) is 17.7 Å². The topological polar surface area (TPSA) is 115 Å². The highest BCUT2D eigenvalue weighted by molar-refractivity contribution is 5.84. The van der Waals surface area contributed by atoms with Crippen molar-refractivity contribution in [2.24, 2.45) is 0 Å². The molecule has 11 nitrogen and oxygen atoms in total. The van der Waals surface area contributed by atoms with Gasteiger partial charge in [0, 0.05) is 32.1 Å². The van der Waals surface area contributed by atoms with Gasteiger partial charge in [0.05, 0.1) is 25.0 Å². The van der Waals surface area contributed by atoms with E-state index >= 15 is 0 Å². The lowest BCUT2D eigenvalue weighted by Gasteiger charge is -2.32. The lowest BCUT2D eigenvalue weighted by Crippen LogP contribution is -2.42. The zero-order valence-corrected chi connectivity index (χ0v) is 20.8. The Labute approximate surface area is 214 Å². The number of hydrogen-bond acceptors (Lipinski definition) is 8. The number of rotatable bonds is 9. The molecule has 1 fully saturated rings. The zero-order chi connectivity index (χ0) is 26.2. The Morgan fingerprint density at radius 3 is 2.84 bits per heavy atom. The number of nitrogens with zero attached hydrogens (tertiary/aromatic N) is 6. The molecule has 1 N–H and O–H groups in total. The van der Waals surface area contributed by atoms with Gasteiger partial charge in [-0.25, -0.2) is 9.78 Å². The third-order valence-corrected chi connectivity index (χ3v) is 5.86. The molecule has 3 heterocycles. The van der Waals surface area contributed by atoms with Crippen LogP contribution < -0.4 is 15.0 Å². The molecule has 1 aliphatic heterocycles. The van der Waals surface area contributed by atoms with Crippen LogP contribution in [0.5, 0.6) is 5.75 Å². The van der Waals surface area contributed by atoms with Gasteiger partial charge in [0.2, 0.25) is 17.8 Å². The second-order valence-corrected chi connectivity index (χ2v) is 8.82. The van der Waals surface area contributed by atoms with Gasteiger partial charge in [-0.3, -0.25) is 14.8 Å². The number of halogens is 1. The van der Waals surface area contributed by atoms with E-state index in [-0.39, 0.29) is 18.4 Å². The number of nitrogens with one attached hydrogen (secondary N) is 1. The van der Waals surface area contributed by atoms with E-state index in [1.54, 1.807) is 23.0 Å². The van der Waals surface area contributed by atoms with Crippen molar-refractivity contribution in [3.8, 4) is 5.75 Å². The van der Waals surface area contributed by atoms with Crippen LogP contribution in [0.3, 0.4) is 0 Å². The molecule has 2 amide bonds. The fourth-order valence-electron chi connectivity index (χ4n) is 3.83. The Morgan fingerprint density at radius 1 is 1.24 bits per heavy atom. The predicted octanol–water partition coefficient (Wildman–Crippen LogP) is 2.88. The quantitative estimate of drug-likeness (QED) is 0.436. The Kier molecular flexibility index (Phi) is 8.49. The summed E-state index contributed by atoms with van der Waals surface area (Å²) in [6.07, 6.45) is 4.76. The zero-order valence-electron chi connectivity index (χ0n) is 20.8. The van der Waals surface area contributed by atoms with E-state index < -0.39 is 18.1 Å². The minimum Gasteiger partial charge on any atom is -0.492 e. The number of piperidine rings is 1. The lowest BCUT2D eigenvalue weighted by molar-refractivity contribution is -0.131. The van der Waals surface area contributed by atoms with Crippen molar-refractivity contribution < 1.29 is 23.5 Å². The summed E-state index contributed by atoms with van der Waals surface area (Å²) in [5.41, 5.74) is 1.56. The number of anilines is 2. The molecule has 0 aliphatic carbocycles. The maximum atomic E-state index is 13.4. The molecule has 0 radical (unpaired) electrons. The van der Waals surface area contributed by atoms with Gasteiger partial charge in [-0.15, -0.1) is 0 Å². The number of likely N-dealkylation sites (N-methyl/N-ethyl adjacent to an activating group) is 1. The Balaban J connectivity index is 1.20. The van der Waals surface area contributed by atoms with E-state index in [4.69, 9.17) is 9.47 Å². The largest absolute Gasteiger partial charge is 0.492 e. The van der Waals surface area contributed by atoms with Crippen molar-refractivity contribution in [2.75, 3.05) is 43.5 Å². The van der Waals surface area contributed by atoms with Crippen molar-refractivity contribution >= 4 is 23.6 Å². The first-order valence-corrected chi connectivity index (χ1v) is 12.0. The Morgan fingerprint density at radius 2 is 2.05 bits per heavy atom. The van der Waals surface area contributed by atoms with Crippen LogP contribution >= 0.6 is 0 Å². The van der Waals surface area contributed by atoms with Gasteiger partial charge in [0.25, 0.3) is 0 Å². The molecule has 0 spiro atoms. The summed E-state index contributed by atoms with van der Waals surface area (Å²) in [7, 11) is 1.70. The first kappa shape index (κ1) is 25.9. The van der Waals surface area contributed by atoms with Gasteiger partial charge in [-0.2, -0.15) is 14.5 Å². The smallest absolute Gasteiger partial charge is 0.412 e. The van der Waals surface area contributed by atoms with Crippen LogP contribution in [0.25, 0.3) is 0 Å². The van der Waals surface area contributed by atoms with Gasteiger partial charge < -0.3 is 19.3 Å². The molecule has 1 saturated heterocycles. The average Bonchev–Trinajstić information content (AvgIpc) is 3.31. The summed E-state index contributed by atoms with van der Waals surface area (Å²) in [6.45, 7) is 3.83. The van der Waals surface area contributed by atoms with Crippen LogP contribution in [-0.4, -0.2) is 76.0 Å². The molecule has 37 heavy (non-hydrogen) atoms. The molecular weight excluding hydrogens is 481 g/mol. The van der Waals surface area contributed by atoms with Crippen molar-refractivity contribution in [2.45, 2.75) is 32.4 Å². The molecule has 12 heteroatoms. The average molecular weight is 512 g/mol. The van der Waals surface area contributed by atoms with Crippen LogP contribution in [0.15, 0.2) is 48.9 Å². The number of amides is 2. The van der Waals surface area contributed by atoms with Crippen LogP contribution in [-0.2, 0) is 16.1 Å². The van der Waals surface area contributed by atoms with Crippen molar-refractivity contribution in [1.82, 2.24) is 24.6 Å². The molecule has 1 aliphatic rings. The van der Waals surface area contributed by atoms with E-state index in [9.17, 15) is 14.0 Å². The summed E-state index contributed by atoms with van der Waals surface area (Å²) < 4.78 is 26.1. The highest BCUT2D eigenvalue weighted by Crippen LogP contribution is 2.19. The van der Waals surface area contributed by atoms with Gasteiger partial charge >= 0.3 is 6.09 Å². The number of ether oxygens (including phenoxy) is 2. The number of benzene rings is 1. The SMILES string of the molecule is Cc1ccc(OCCN(C)C(=O)Cn2cc(NC(=O)OC3CCCN(c4nccc(F)n4)C3)cn2)cc1. The molecule has 2 aromatic heterocycles. The standard InChI is InChI=1S/C25H30FN7O4/c1-18-5-7-20(8-6-18)36-13-12-31(2)23(34)17-33-15-19(14-28-33)29-25(35)37-21-4-3-11-32(16-21)24-27-10-9-22(26)30-24/h5-10,14-15,21H,3-4,11-13,16-17H2,1-2H3,(H,29,35). The van der Waals surface area contributed by atoms with E-state index in [0.29, 0.717) is 38.3 Å². The maximum Gasteiger partial charge on any atom is 0.412 e. The number of hydrogen-bond donors (Lipinski definition) is 1. The number of aryl methyl sites for hydroxylation is 1. The second-order valence-electron chi connectivity index (χ2n) is 8.82. The van der Waals surface area contributed by atoms with E-state index in [1.807, 2.05) is 31.2 Å². The summed E-state index contributed by atoms with van der Waals surface area (Å²) in [4.78, 5) is 36.2. The van der Waals surface area contributed by atoms with Crippen molar-refractivity contribution in [1.29, 1.82) is 0 Å². The molecule has 1 unspecified atom stereocenters. The summed E-state index contributed by atoms with van der Waals surface area (Å²) in [5, 5.41) is 6.77. The predicted molar refractivity (Wildman–Crippen MR) is 134 cm³/mol. The van der Waals surface area contributed by atoms with Gasteiger partial charge in [-0.1, -0.05) is 17.7 Å². The highest BCUT2D eigenvalue weighted by atomic mass is 19.1. The molecular formula is C25H30FN7O4. The fourth-order valence-corrected chi connectivity index (χ4v) is 3.83. The molecule has 0 saturated carbocycles. The van der Waals surface area contributed by atoms with Crippen LogP contribution in [0, 0.1) is 12.9 Å². The highest BCUT2D eigenvalue weighted by Gasteiger charge is 2.25. The van der Waals surface area contributed by atoms with Crippen LogP contribution in [0.1, 0.15) is 18.4 Å². The third kappa shape index (κ3) is 7.63. The minimum atomic E-state index is -0.636. The maximum absolute atomic E-state index is 13.4. The normalized spacial score (nSPS) is 15.2. The monoisotopic (exact) mass is 511 g/mol. The Bertz CT molecular complexity index is 1200. The van der Waals surface area contributed by atoms with E-state index in [1.165, 1.54) is 23.1 Å². The van der Waals surface area contributed by atoms with E-state index in [2.05, 4.69) is 20.4 Å². The van der Waals surface area contributed by atoms with Gasteiger partial charge in [0.15, 0.2) is 0 Å². The summed E-state index contributed by atoms with van der Waals surface area (Å²) in [5.74, 6) is 0.269. The first-order chi connectivity index (χ1) is 17.9. The summed E-state index contributed by atoms with van der Waals surface area (Å²) in [6, 6.07) is 8.90. The molecule has 3 aromatic rings. The summed E-state index contributed by atoms with van der Waals surface area (Å²) >= 11 is 0. The van der Waals surface area contributed by atoms with Gasteiger partial charge in [-0.05, 0) is 31.9 Å². The third-order valence-electron chi connectivity index (χ3n) is 5.86. The number of carbonyl (C=O) groups is 2. The fraction of sp³-hybridized carbons (Fsp3) is 0.400. The van der Waals surface area contributed by atoms with Crippen molar-refractivity contribution in [3.63, 3.8) is 0 Å². The lowest BCUT2D eigenvalue weighted by atomic mass is 10.1. The van der Waals surface area contributed by atoms with Crippen LogP contribution in [0.4, 0.5) is 20.8 Å². The van der Waals surface area contributed by atoms with Gasteiger partial charge in [0.1, 0.15) is 25.0 Å². The van der Waals surface area contributed by atoms with Crippen LogP contribution in [0.2, 0.25) is 0 Å². The second kappa shape index (κ2) is 12.2. The molecule has 1 aromatic carbocycles. The molecule has 196 valence electrons. The molecule has 1 atom stereocenters. The van der Waals surface area contributed by atoms with Crippen molar-refractivity contribution in [3.05, 3.63) is 60.4 Å². The number of aromatic nitrogens is 4.